The average molecular weight is 245 g/mol. The van der Waals surface area contributed by atoms with Crippen LogP contribution in [0.3, 0.4) is 0 Å². The van der Waals surface area contributed by atoms with Crippen molar-refractivity contribution in [2.24, 2.45) is 0 Å². The third kappa shape index (κ3) is 6.15. The van der Waals surface area contributed by atoms with E-state index in [-0.39, 0.29) is 0 Å². The Hall–Kier alpha value is 0.310. The van der Waals surface area contributed by atoms with Crippen LogP contribution in [-0.2, 0) is 15.6 Å². The Morgan fingerprint density at radius 3 is 2.44 bits per heavy atom. The third-order valence-electron chi connectivity index (χ3n) is 3.55. The second-order valence-corrected chi connectivity index (χ2v) is 7.52. The predicted octanol–water partition coefficient (Wildman–Crippen LogP) is 3.77. The molecule has 0 aliphatic carbocycles. The Kier molecular flexibility index (Phi) is 8.40. The van der Waals surface area contributed by atoms with Gasteiger partial charge in [-0.25, -0.2) is 0 Å². The van der Waals surface area contributed by atoms with E-state index in [4.69, 9.17) is 4.74 Å². The molecule has 96 valence electrons. The molecule has 1 atom stereocenters. The molecule has 0 spiro atoms. The first-order valence-electron chi connectivity index (χ1n) is 7.12. The monoisotopic (exact) mass is 245 g/mol. The highest BCUT2D eigenvalue weighted by Crippen LogP contribution is 2.18. The van der Waals surface area contributed by atoms with Gasteiger partial charge in [0.1, 0.15) is 17.3 Å². The van der Waals surface area contributed by atoms with Gasteiger partial charge in [0.25, 0.3) is 0 Å². The highest BCUT2D eigenvalue weighted by Gasteiger charge is 2.14. The molecule has 1 saturated heterocycles. The average Bonchev–Trinajstić information content (AvgIpc) is 2.81. The van der Waals surface area contributed by atoms with Crippen LogP contribution in [0.2, 0.25) is 0 Å². The SMILES string of the molecule is CC[S+](CC)CCCCCCC1CCCO1. The van der Waals surface area contributed by atoms with Gasteiger partial charge >= 0.3 is 0 Å². The van der Waals surface area contributed by atoms with Crippen LogP contribution in [-0.4, -0.2) is 30.0 Å². The normalized spacial score (nSPS) is 20.8. The number of hydrogen-bond donors (Lipinski definition) is 0. The first-order chi connectivity index (χ1) is 7.86. The molecule has 0 aromatic rings. The molecule has 1 rings (SSSR count). The van der Waals surface area contributed by atoms with Crippen molar-refractivity contribution in [3.05, 3.63) is 0 Å². The first kappa shape index (κ1) is 14.4. The Morgan fingerprint density at radius 2 is 1.81 bits per heavy atom. The summed E-state index contributed by atoms with van der Waals surface area (Å²) < 4.78 is 5.63. The number of ether oxygens (including phenoxy) is 1. The second kappa shape index (κ2) is 9.35. The minimum Gasteiger partial charge on any atom is -0.378 e. The summed E-state index contributed by atoms with van der Waals surface area (Å²) in [7, 11) is 0.729. The van der Waals surface area contributed by atoms with Crippen LogP contribution in [0, 0.1) is 0 Å². The number of rotatable bonds is 9. The van der Waals surface area contributed by atoms with Crippen molar-refractivity contribution >= 4 is 10.9 Å². The molecule has 0 N–H and O–H groups in total. The van der Waals surface area contributed by atoms with Gasteiger partial charge in [-0.3, -0.25) is 0 Å². The molecule has 1 fully saturated rings. The summed E-state index contributed by atoms with van der Waals surface area (Å²) in [5, 5.41) is 0. The lowest BCUT2D eigenvalue weighted by molar-refractivity contribution is 0.102. The molecule has 1 nitrogen and oxygen atoms in total. The maximum Gasteiger partial charge on any atom is 0.108 e. The maximum atomic E-state index is 5.63. The molecule has 2 heteroatoms. The fraction of sp³-hybridized carbons (Fsp3) is 1.00. The van der Waals surface area contributed by atoms with Gasteiger partial charge in [-0.2, -0.15) is 0 Å². The first-order valence-corrected chi connectivity index (χ1v) is 8.85. The highest BCUT2D eigenvalue weighted by atomic mass is 32.2. The molecule has 0 saturated carbocycles. The topological polar surface area (TPSA) is 9.23 Å². The molecule has 0 aromatic carbocycles. The molecule has 0 amide bonds. The van der Waals surface area contributed by atoms with Crippen LogP contribution in [0.15, 0.2) is 0 Å². The second-order valence-electron chi connectivity index (χ2n) is 4.73. The van der Waals surface area contributed by atoms with Gasteiger partial charge in [-0.15, -0.1) is 0 Å². The largest absolute Gasteiger partial charge is 0.378 e. The van der Waals surface area contributed by atoms with Crippen molar-refractivity contribution in [3.63, 3.8) is 0 Å². The summed E-state index contributed by atoms with van der Waals surface area (Å²) in [5.74, 6) is 4.27. The molecule has 1 aliphatic rings. The Bertz CT molecular complexity index is 145. The van der Waals surface area contributed by atoms with E-state index in [1.54, 1.807) is 0 Å². The molecular formula is C14H29OS+. The van der Waals surface area contributed by atoms with Crippen molar-refractivity contribution in [2.75, 3.05) is 23.9 Å². The molecule has 0 aromatic heterocycles. The Balaban J connectivity index is 1.84. The van der Waals surface area contributed by atoms with Gasteiger partial charge in [0.2, 0.25) is 0 Å². The standard InChI is InChI=1S/C14H29OS/c1-3-16(4-2)13-8-6-5-7-10-14-11-9-12-15-14/h14H,3-13H2,1-2H3/q+1. The number of unbranched alkanes of at least 4 members (excludes halogenated alkanes) is 3. The molecule has 1 unspecified atom stereocenters. The summed E-state index contributed by atoms with van der Waals surface area (Å²) in [4.78, 5) is 0. The van der Waals surface area contributed by atoms with Gasteiger partial charge in [-0.1, -0.05) is 12.8 Å². The van der Waals surface area contributed by atoms with Gasteiger partial charge in [0.05, 0.1) is 6.10 Å². The molecule has 0 radical (unpaired) electrons. The smallest absolute Gasteiger partial charge is 0.108 e. The van der Waals surface area contributed by atoms with E-state index in [0.717, 1.165) is 17.5 Å². The Labute approximate surface area is 105 Å². The summed E-state index contributed by atoms with van der Waals surface area (Å²) in [5.41, 5.74) is 0. The van der Waals surface area contributed by atoms with Crippen LogP contribution in [0.25, 0.3) is 0 Å². The van der Waals surface area contributed by atoms with Crippen molar-refractivity contribution in [3.8, 4) is 0 Å². The van der Waals surface area contributed by atoms with Crippen LogP contribution in [0.1, 0.15) is 58.8 Å². The molecule has 1 heterocycles. The highest BCUT2D eigenvalue weighted by molar-refractivity contribution is 7.96. The van der Waals surface area contributed by atoms with E-state index < -0.39 is 0 Å². The van der Waals surface area contributed by atoms with E-state index in [9.17, 15) is 0 Å². The van der Waals surface area contributed by atoms with E-state index >= 15 is 0 Å². The van der Waals surface area contributed by atoms with Gasteiger partial charge in [0.15, 0.2) is 0 Å². The molecule has 0 bridgehead atoms. The summed E-state index contributed by atoms with van der Waals surface area (Å²) in [6.45, 7) is 5.69. The van der Waals surface area contributed by atoms with Crippen molar-refractivity contribution in [1.82, 2.24) is 0 Å². The zero-order valence-corrected chi connectivity index (χ0v) is 12.0. The lowest BCUT2D eigenvalue weighted by Gasteiger charge is -2.08. The van der Waals surface area contributed by atoms with Crippen molar-refractivity contribution in [1.29, 1.82) is 0 Å². The molecule has 16 heavy (non-hydrogen) atoms. The Morgan fingerprint density at radius 1 is 1.06 bits per heavy atom. The lowest BCUT2D eigenvalue weighted by atomic mass is 10.1. The fourth-order valence-corrected chi connectivity index (χ4v) is 3.99. The van der Waals surface area contributed by atoms with Crippen LogP contribution < -0.4 is 0 Å². The molecular weight excluding hydrogens is 216 g/mol. The quantitative estimate of drug-likeness (QED) is 0.444. The van der Waals surface area contributed by atoms with Crippen molar-refractivity contribution < 1.29 is 4.74 Å². The third-order valence-corrected chi connectivity index (χ3v) is 6.05. The van der Waals surface area contributed by atoms with Gasteiger partial charge < -0.3 is 4.74 Å². The lowest BCUT2D eigenvalue weighted by Crippen LogP contribution is -2.12. The van der Waals surface area contributed by atoms with Crippen LogP contribution >= 0.6 is 0 Å². The van der Waals surface area contributed by atoms with Crippen molar-refractivity contribution in [2.45, 2.75) is 64.9 Å². The number of hydrogen-bond acceptors (Lipinski definition) is 1. The summed E-state index contributed by atoms with van der Waals surface area (Å²) >= 11 is 0. The summed E-state index contributed by atoms with van der Waals surface area (Å²) in [6, 6.07) is 0. The molecule has 1 aliphatic heterocycles. The zero-order valence-electron chi connectivity index (χ0n) is 11.2. The minimum absolute atomic E-state index is 0.612. The summed E-state index contributed by atoms with van der Waals surface area (Å²) in [6.07, 6.45) is 10.2. The van der Waals surface area contributed by atoms with Gasteiger partial charge in [0, 0.05) is 6.61 Å². The van der Waals surface area contributed by atoms with E-state index in [1.165, 1.54) is 62.2 Å². The van der Waals surface area contributed by atoms with E-state index in [0.29, 0.717) is 6.10 Å². The fourth-order valence-electron chi connectivity index (χ4n) is 2.40. The van der Waals surface area contributed by atoms with Gasteiger partial charge in [-0.05, 0) is 56.8 Å². The minimum atomic E-state index is 0.612. The van der Waals surface area contributed by atoms with E-state index in [1.807, 2.05) is 0 Å². The zero-order chi connectivity index (χ0) is 11.6. The van der Waals surface area contributed by atoms with Crippen LogP contribution in [0.4, 0.5) is 0 Å². The van der Waals surface area contributed by atoms with E-state index in [2.05, 4.69) is 13.8 Å². The maximum absolute atomic E-state index is 5.63. The van der Waals surface area contributed by atoms with Crippen LogP contribution in [0.5, 0.6) is 0 Å². The predicted molar refractivity (Wildman–Crippen MR) is 75.4 cm³/mol.